The summed E-state index contributed by atoms with van der Waals surface area (Å²) in [5.41, 5.74) is 19.1. The number of nitrogens with one attached hydrogen (secondary N) is 1. The van der Waals surface area contributed by atoms with Crippen LogP contribution in [0.4, 0.5) is 81.3 Å². The van der Waals surface area contributed by atoms with Gasteiger partial charge in [-0.25, -0.2) is 29.9 Å². The third kappa shape index (κ3) is 15.7. The summed E-state index contributed by atoms with van der Waals surface area (Å²) < 4.78 is 195. The number of nitrogens with two attached hydrogens (primary N) is 2. The molecule has 0 fully saturated rings. The zero-order valence-electron chi connectivity index (χ0n) is 45.7. The molecule has 12 rings (SSSR count). The standard InChI is InChI=1S/C20H17F5N4OS.C19H13F5N4S2.C18H12F5N5S2/c21-31(22,23,24,25)16-6-4-15(5-7-16)28-20-17(2-1-9-26-20)14-3-8-18-19(12-14)29(10-11-30)13-27-18;20-30(21,22,23,24)14-4-2-13(3-5-14)29-19-18(27-9-10-28-19)12-1-6-17-15(11-12)16(25)7-8-26-17;19-30(20,21,22,23)13-4-2-12(3-5-13)29-18-16(25-7-8-26-18)11-1-6-15-14(9-11)17(24)28-10-27-15/h1-9,12-13,30H,10-11H2,(H,26,28);1-11H,(H2,25,26);1-10H,(H2,24,27,28). The highest BCUT2D eigenvalue weighted by Crippen LogP contribution is 3.03. The molecule has 0 spiro atoms. The van der Waals surface area contributed by atoms with E-state index in [1.165, 1.54) is 37.3 Å². The van der Waals surface area contributed by atoms with Crippen molar-refractivity contribution in [1.29, 1.82) is 0 Å². The van der Waals surface area contributed by atoms with Crippen LogP contribution in [0.1, 0.15) is 0 Å². The van der Waals surface area contributed by atoms with Crippen LogP contribution in [0.15, 0.2) is 230 Å². The zero-order valence-corrected chi connectivity index (χ0v) is 49.8. The lowest BCUT2D eigenvalue weighted by Gasteiger charge is -2.40. The van der Waals surface area contributed by atoms with Crippen molar-refractivity contribution in [3.05, 3.63) is 195 Å². The summed E-state index contributed by atoms with van der Waals surface area (Å²) in [5, 5.41) is 14.2. The number of hydrogen-bond acceptors (Lipinski definition) is 15. The summed E-state index contributed by atoms with van der Waals surface area (Å²) in [6.45, 7) is 0.320. The van der Waals surface area contributed by atoms with Crippen molar-refractivity contribution in [2.45, 2.75) is 41.1 Å². The third-order valence-electron chi connectivity index (χ3n) is 12.9. The Morgan fingerprint density at radius 3 is 1.45 bits per heavy atom. The number of hydrogen-bond donors (Lipinski definition) is 4. The largest absolute Gasteiger partial charge is 0.398 e. The van der Waals surface area contributed by atoms with E-state index >= 15 is 0 Å². The molecule has 0 bridgehead atoms. The number of aliphatic hydroxyl groups is 1. The van der Waals surface area contributed by atoms with Crippen molar-refractivity contribution in [3.8, 4) is 33.6 Å². The van der Waals surface area contributed by atoms with Gasteiger partial charge in [0.2, 0.25) is 0 Å². The lowest BCUT2D eigenvalue weighted by atomic mass is 10.1. The minimum absolute atomic E-state index is 0.0512. The van der Waals surface area contributed by atoms with Gasteiger partial charge < -0.3 is 26.5 Å². The van der Waals surface area contributed by atoms with Gasteiger partial charge in [0, 0.05) is 92.4 Å². The Hall–Kier alpha value is -9.09. The molecule has 0 radical (unpaired) electrons. The Balaban J connectivity index is 0.000000150. The summed E-state index contributed by atoms with van der Waals surface area (Å²) in [6.07, 6.45) is 11.9. The highest BCUT2D eigenvalue weighted by Gasteiger charge is 2.67. The molecule has 476 valence electrons. The molecule has 6 N–H and O–H groups in total. The number of aromatic nitrogens is 10. The topological polar surface area (TPSA) is 205 Å². The van der Waals surface area contributed by atoms with Crippen molar-refractivity contribution >= 4 is 110 Å². The number of benzene rings is 6. The predicted molar refractivity (Wildman–Crippen MR) is 327 cm³/mol. The van der Waals surface area contributed by atoms with Gasteiger partial charge in [-0.1, -0.05) is 100 Å². The fourth-order valence-electron chi connectivity index (χ4n) is 8.67. The second kappa shape index (κ2) is 21.8. The molecular formula is C57H42F15N13OS5. The van der Waals surface area contributed by atoms with Crippen molar-refractivity contribution in [1.82, 2.24) is 49.4 Å². The van der Waals surface area contributed by atoms with Gasteiger partial charge in [-0.05, 0) is 133 Å². The molecule has 34 heteroatoms. The van der Waals surface area contributed by atoms with Gasteiger partial charge in [0.05, 0.1) is 35.0 Å². The lowest BCUT2D eigenvalue weighted by Crippen LogP contribution is -2.06. The fraction of sp³-hybridized carbons (Fsp3) is 0.0351. The predicted octanol–water partition coefficient (Wildman–Crippen LogP) is 20.1. The average molecular weight is 1370 g/mol. The van der Waals surface area contributed by atoms with Gasteiger partial charge in [-0.3, -0.25) is 15.0 Å². The molecule has 14 nitrogen and oxygen atoms in total. The molecule has 0 atom stereocenters. The number of rotatable bonds is 14. The summed E-state index contributed by atoms with van der Waals surface area (Å²) in [4.78, 5) is 32.7. The highest BCUT2D eigenvalue weighted by atomic mass is 32.5. The van der Waals surface area contributed by atoms with E-state index in [0.29, 0.717) is 119 Å². The normalized spacial score (nSPS) is 14.3. The number of fused-ring (bicyclic) bond motifs is 3. The molecule has 6 aromatic carbocycles. The monoisotopic (exact) mass is 1370 g/mol. The summed E-state index contributed by atoms with van der Waals surface area (Å²) in [7, 11) is -29.1. The molecule has 12 aromatic rings. The van der Waals surface area contributed by atoms with Gasteiger partial charge in [0.25, 0.3) is 0 Å². The first-order valence-corrected chi connectivity index (χ1v) is 33.2. The molecule has 6 aromatic heterocycles. The van der Waals surface area contributed by atoms with Gasteiger partial charge in [0.15, 0.2) is 0 Å². The van der Waals surface area contributed by atoms with Crippen LogP contribution in [0.5, 0.6) is 0 Å². The number of nitrogens with zero attached hydrogens (tertiary/aromatic N) is 10. The Labute approximate surface area is 513 Å². The van der Waals surface area contributed by atoms with E-state index in [2.05, 4.69) is 50.2 Å². The van der Waals surface area contributed by atoms with Crippen molar-refractivity contribution in [3.63, 3.8) is 0 Å². The van der Waals surface area contributed by atoms with Crippen LogP contribution in [0.2, 0.25) is 0 Å². The van der Waals surface area contributed by atoms with Crippen molar-refractivity contribution in [2.24, 2.45) is 0 Å². The summed E-state index contributed by atoms with van der Waals surface area (Å²) in [6, 6.07) is 29.2. The first-order valence-electron chi connectivity index (χ1n) is 25.7. The van der Waals surface area contributed by atoms with E-state index in [4.69, 9.17) is 11.5 Å². The Bertz CT molecular complexity index is 4550. The minimum atomic E-state index is -9.72. The van der Waals surface area contributed by atoms with Crippen LogP contribution in [0, 0.1) is 0 Å². The van der Waals surface area contributed by atoms with Gasteiger partial charge in [0.1, 0.15) is 54.1 Å². The zero-order chi connectivity index (χ0) is 65.6. The van der Waals surface area contributed by atoms with Crippen LogP contribution < -0.4 is 16.8 Å². The second-order valence-corrected chi connectivity index (χ2v) is 28.9. The number of imidazole rings is 1. The van der Waals surface area contributed by atoms with Crippen LogP contribution in [0.25, 0.3) is 66.5 Å². The maximum atomic E-state index is 12.9. The Morgan fingerprint density at radius 1 is 0.440 bits per heavy atom. The quantitative estimate of drug-likeness (QED) is 0.0748. The van der Waals surface area contributed by atoms with E-state index in [1.807, 2.05) is 12.1 Å². The van der Waals surface area contributed by atoms with E-state index in [-0.39, 0.29) is 18.1 Å². The number of pyridine rings is 2. The average Bonchev–Trinajstić information content (AvgIpc) is 1.76. The maximum absolute atomic E-state index is 12.9. The third-order valence-corrected chi connectivity index (χ3v) is 18.4. The molecular weight excluding hydrogens is 1330 g/mol. The van der Waals surface area contributed by atoms with Gasteiger partial charge in [-0.15, -0.1) is 0 Å². The van der Waals surface area contributed by atoms with Crippen molar-refractivity contribution in [2.75, 3.05) is 23.4 Å². The number of halogens is 15. The summed E-state index contributed by atoms with van der Waals surface area (Å²) >= 11 is 2.02. The molecule has 0 saturated carbocycles. The molecule has 0 aliphatic heterocycles. The molecule has 0 unspecified atom stereocenters. The first-order chi connectivity index (χ1) is 42.2. The van der Waals surface area contributed by atoms with Crippen LogP contribution in [0.3, 0.4) is 0 Å². The van der Waals surface area contributed by atoms with Crippen LogP contribution in [-0.2, 0) is 6.54 Å². The van der Waals surface area contributed by atoms with E-state index < -0.39 is 45.4 Å². The minimum Gasteiger partial charge on any atom is -0.398 e. The summed E-state index contributed by atoms with van der Waals surface area (Å²) in [5.74, 6) is 0.627. The van der Waals surface area contributed by atoms with E-state index in [0.717, 1.165) is 81.9 Å². The van der Waals surface area contributed by atoms with Crippen LogP contribution >= 0.6 is 54.2 Å². The van der Waals surface area contributed by atoms with Gasteiger partial charge >= 0.3 is 30.7 Å². The first kappa shape index (κ1) is 64.9. The van der Waals surface area contributed by atoms with Crippen LogP contribution in [-0.4, -0.2) is 61.1 Å². The molecule has 6 heterocycles. The number of anilines is 4. The number of aliphatic hydroxyl groups excluding tert-OH is 1. The van der Waals surface area contributed by atoms with E-state index in [1.54, 1.807) is 77.8 Å². The van der Waals surface area contributed by atoms with E-state index in [9.17, 15) is 63.4 Å². The molecule has 0 saturated heterocycles. The molecule has 0 amide bonds. The molecule has 0 aliphatic carbocycles. The molecule has 0 aliphatic rings. The molecule has 91 heavy (non-hydrogen) atoms. The smallest absolute Gasteiger partial charge is 0.310 e. The highest BCUT2D eigenvalue weighted by molar-refractivity contribution is 8.46. The Kier molecular flexibility index (Phi) is 15.6. The number of nitrogen functional groups attached to an aromatic ring is 2. The second-order valence-electron chi connectivity index (χ2n) is 19.5. The maximum Gasteiger partial charge on any atom is 0.310 e. The van der Waals surface area contributed by atoms with Crippen molar-refractivity contribution < 1.29 is 63.4 Å². The van der Waals surface area contributed by atoms with Gasteiger partial charge in [-0.2, -0.15) is 0 Å². The SMILES string of the molecule is Nc1ccnc2ccc(-c3nccnc3Sc3ccc(S(F)(F)(F)(F)F)cc3)cc12.Nc1ncnc2ccc(-c3nccnc3Sc3ccc(S(F)(F)(F)(F)F)cc3)cc12.OCCn1cnc2ccc(-c3cccnc3Nc3ccc(S(F)(F)(F)(F)F)cc3)cc21. The fourth-order valence-corrected chi connectivity index (χ4v) is 12.4. The lowest BCUT2D eigenvalue weighted by molar-refractivity contribution is 0.278. The Morgan fingerprint density at radius 2 is 0.923 bits per heavy atom.